The van der Waals surface area contributed by atoms with Crippen molar-refractivity contribution in [2.45, 2.75) is 6.10 Å². The Hall–Kier alpha value is -1.52. The van der Waals surface area contributed by atoms with Crippen molar-refractivity contribution >= 4 is 11.6 Å². The monoisotopic (exact) mass is 272 g/mol. The predicted octanol–water partition coefficient (Wildman–Crippen LogP) is 3.84. The van der Waals surface area contributed by atoms with Crippen LogP contribution in [-0.2, 0) is 0 Å². The van der Waals surface area contributed by atoms with E-state index in [2.05, 4.69) is 0 Å². The minimum Gasteiger partial charge on any atom is -0.384 e. The molecular weight excluding hydrogens is 265 g/mol. The first-order valence-corrected chi connectivity index (χ1v) is 5.45. The van der Waals surface area contributed by atoms with Crippen LogP contribution >= 0.6 is 11.6 Å². The molecule has 0 amide bonds. The molecule has 0 bridgehead atoms. The van der Waals surface area contributed by atoms with Crippen LogP contribution in [-0.4, -0.2) is 5.11 Å². The Kier molecular flexibility index (Phi) is 3.59. The van der Waals surface area contributed by atoms with Gasteiger partial charge in [-0.05, 0) is 23.8 Å². The minimum absolute atomic E-state index is 0.323. The summed E-state index contributed by atoms with van der Waals surface area (Å²) in [6.45, 7) is 0. The molecule has 2 aromatic rings. The molecule has 2 rings (SSSR count). The zero-order valence-electron chi connectivity index (χ0n) is 9.00. The number of halogens is 4. The van der Waals surface area contributed by atoms with E-state index in [1.54, 1.807) is 0 Å². The fourth-order valence-electron chi connectivity index (χ4n) is 1.58. The molecule has 0 saturated carbocycles. The lowest BCUT2D eigenvalue weighted by atomic mass is 10.0. The second kappa shape index (κ2) is 5.00. The van der Waals surface area contributed by atoms with Crippen LogP contribution in [0.4, 0.5) is 13.2 Å². The summed E-state index contributed by atoms with van der Waals surface area (Å²) in [5.74, 6) is -4.28. The van der Waals surface area contributed by atoms with Crippen molar-refractivity contribution in [1.82, 2.24) is 0 Å². The highest BCUT2D eigenvalue weighted by molar-refractivity contribution is 6.30. The van der Waals surface area contributed by atoms with E-state index in [1.165, 1.54) is 24.3 Å². The number of benzene rings is 2. The lowest BCUT2D eigenvalue weighted by Gasteiger charge is -2.13. The second-order valence-electron chi connectivity index (χ2n) is 3.72. The number of rotatable bonds is 2. The number of hydrogen-bond acceptors (Lipinski definition) is 1. The van der Waals surface area contributed by atoms with E-state index in [0.29, 0.717) is 10.6 Å². The molecule has 1 N–H and O–H groups in total. The lowest BCUT2D eigenvalue weighted by molar-refractivity contribution is 0.212. The Labute approximate surface area is 106 Å². The highest BCUT2D eigenvalue weighted by Crippen LogP contribution is 2.27. The predicted molar refractivity (Wildman–Crippen MR) is 61.8 cm³/mol. The van der Waals surface area contributed by atoms with Gasteiger partial charge in [0, 0.05) is 10.6 Å². The molecule has 0 fully saturated rings. The summed E-state index contributed by atoms with van der Waals surface area (Å²) in [6.07, 6.45) is -1.38. The van der Waals surface area contributed by atoms with Gasteiger partial charge in [0.2, 0.25) is 0 Å². The summed E-state index contributed by atoms with van der Waals surface area (Å²) in [5.41, 5.74) is 0.0144. The fourth-order valence-corrected chi connectivity index (χ4v) is 1.70. The van der Waals surface area contributed by atoms with Gasteiger partial charge in [-0.25, -0.2) is 13.2 Å². The fraction of sp³-hybridized carbons (Fsp3) is 0.0769. The Morgan fingerprint density at radius 2 is 1.50 bits per heavy atom. The van der Waals surface area contributed by atoms with Crippen molar-refractivity contribution in [3.63, 3.8) is 0 Å². The third kappa shape index (κ3) is 2.35. The molecular formula is C13H8ClF3O. The first-order chi connectivity index (χ1) is 8.50. The highest BCUT2D eigenvalue weighted by Gasteiger charge is 2.20. The molecule has 0 spiro atoms. The molecule has 1 atom stereocenters. The Bertz CT molecular complexity index is 569. The zero-order valence-corrected chi connectivity index (χ0v) is 9.76. The van der Waals surface area contributed by atoms with Gasteiger partial charge in [0.25, 0.3) is 0 Å². The zero-order chi connectivity index (χ0) is 13.3. The Morgan fingerprint density at radius 1 is 0.889 bits per heavy atom. The molecule has 0 aromatic heterocycles. The van der Waals surface area contributed by atoms with E-state index < -0.39 is 23.6 Å². The van der Waals surface area contributed by atoms with Gasteiger partial charge >= 0.3 is 0 Å². The average molecular weight is 273 g/mol. The Balaban J connectivity index is 2.43. The topological polar surface area (TPSA) is 20.2 Å². The summed E-state index contributed by atoms with van der Waals surface area (Å²) in [5, 5.41) is 10.4. The molecule has 5 heteroatoms. The first-order valence-electron chi connectivity index (χ1n) is 5.07. The molecule has 1 nitrogen and oxygen atoms in total. The van der Waals surface area contributed by atoms with Gasteiger partial charge in [0.1, 0.15) is 6.10 Å². The van der Waals surface area contributed by atoms with Crippen LogP contribution in [0.1, 0.15) is 17.2 Å². The van der Waals surface area contributed by atoms with Crippen molar-refractivity contribution in [1.29, 1.82) is 0 Å². The Morgan fingerprint density at radius 3 is 2.11 bits per heavy atom. The van der Waals surface area contributed by atoms with Crippen molar-refractivity contribution < 1.29 is 18.3 Å². The minimum atomic E-state index is -1.60. The van der Waals surface area contributed by atoms with Gasteiger partial charge < -0.3 is 5.11 Å². The molecule has 0 aliphatic rings. The maximum atomic E-state index is 13.5. The third-order valence-electron chi connectivity index (χ3n) is 2.55. The summed E-state index contributed by atoms with van der Waals surface area (Å²) >= 11 is 5.67. The summed E-state index contributed by atoms with van der Waals surface area (Å²) in [6, 6.07) is 7.76. The third-order valence-corrected chi connectivity index (χ3v) is 2.80. The largest absolute Gasteiger partial charge is 0.384 e. The van der Waals surface area contributed by atoms with Crippen LogP contribution in [0.15, 0.2) is 36.4 Å². The number of aliphatic hydroxyl groups is 1. The van der Waals surface area contributed by atoms with Gasteiger partial charge in [-0.15, -0.1) is 0 Å². The van der Waals surface area contributed by atoms with Gasteiger partial charge in [-0.1, -0.05) is 29.8 Å². The van der Waals surface area contributed by atoms with E-state index in [1.807, 2.05) is 0 Å². The number of hydrogen-bond donors (Lipinski definition) is 1. The van der Waals surface area contributed by atoms with Crippen molar-refractivity contribution in [2.24, 2.45) is 0 Å². The maximum Gasteiger partial charge on any atom is 0.194 e. The van der Waals surface area contributed by atoms with Crippen molar-refractivity contribution in [2.75, 3.05) is 0 Å². The smallest absolute Gasteiger partial charge is 0.194 e. The van der Waals surface area contributed by atoms with Crippen LogP contribution < -0.4 is 0 Å². The van der Waals surface area contributed by atoms with Gasteiger partial charge in [-0.2, -0.15) is 0 Å². The van der Waals surface area contributed by atoms with E-state index in [4.69, 9.17) is 11.6 Å². The van der Waals surface area contributed by atoms with E-state index in [-0.39, 0.29) is 5.56 Å². The molecule has 0 saturated heterocycles. The molecule has 0 heterocycles. The van der Waals surface area contributed by atoms with Crippen molar-refractivity contribution in [3.05, 3.63) is 70.0 Å². The van der Waals surface area contributed by atoms with Crippen LogP contribution in [0.2, 0.25) is 5.02 Å². The normalized spacial score (nSPS) is 12.5. The molecule has 0 radical (unpaired) electrons. The van der Waals surface area contributed by atoms with Crippen LogP contribution in [0.25, 0.3) is 0 Å². The second-order valence-corrected chi connectivity index (χ2v) is 4.16. The van der Waals surface area contributed by atoms with Gasteiger partial charge in [0.05, 0.1) is 0 Å². The standard InChI is InChI=1S/C13H8ClF3O/c14-8-3-1-7(2-4-8)13(18)9-5-6-10(15)12(17)11(9)16/h1-6,13,18H. The number of aliphatic hydroxyl groups excluding tert-OH is 1. The molecule has 1 unspecified atom stereocenters. The summed E-state index contributed by atoms with van der Waals surface area (Å²) < 4.78 is 39.3. The maximum absolute atomic E-state index is 13.5. The van der Waals surface area contributed by atoms with E-state index >= 15 is 0 Å². The molecule has 94 valence electrons. The first kappa shape index (κ1) is 12.9. The van der Waals surface area contributed by atoms with Crippen LogP contribution in [0.3, 0.4) is 0 Å². The van der Waals surface area contributed by atoms with Crippen LogP contribution in [0, 0.1) is 17.5 Å². The van der Waals surface area contributed by atoms with Crippen LogP contribution in [0.5, 0.6) is 0 Å². The molecule has 0 aliphatic heterocycles. The van der Waals surface area contributed by atoms with Gasteiger partial charge in [-0.3, -0.25) is 0 Å². The van der Waals surface area contributed by atoms with E-state index in [0.717, 1.165) is 12.1 Å². The summed E-state index contributed by atoms with van der Waals surface area (Å²) in [4.78, 5) is 0. The van der Waals surface area contributed by atoms with Crippen molar-refractivity contribution in [3.8, 4) is 0 Å². The molecule has 0 aliphatic carbocycles. The quantitative estimate of drug-likeness (QED) is 0.824. The molecule has 18 heavy (non-hydrogen) atoms. The molecule has 2 aromatic carbocycles. The lowest BCUT2D eigenvalue weighted by Crippen LogP contribution is -2.05. The summed E-state index contributed by atoms with van der Waals surface area (Å²) in [7, 11) is 0. The van der Waals surface area contributed by atoms with E-state index in [9.17, 15) is 18.3 Å². The SMILES string of the molecule is OC(c1ccc(Cl)cc1)c1ccc(F)c(F)c1F. The van der Waals surface area contributed by atoms with Gasteiger partial charge in [0.15, 0.2) is 17.5 Å². The average Bonchev–Trinajstić information content (AvgIpc) is 2.36. The highest BCUT2D eigenvalue weighted by atomic mass is 35.5.